The molecule has 0 saturated heterocycles. The van der Waals surface area contributed by atoms with Gasteiger partial charge in [-0.2, -0.15) is 0 Å². The molecule has 0 radical (unpaired) electrons. The first kappa shape index (κ1) is 16.7. The summed E-state index contributed by atoms with van der Waals surface area (Å²) in [7, 11) is -3.70. The summed E-state index contributed by atoms with van der Waals surface area (Å²) in [5, 5.41) is 2.63. The highest BCUT2D eigenvalue weighted by atomic mass is 79.9. The van der Waals surface area contributed by atoms with E-state index in [1.807, 2.05) is 13.0 Å². The Hall–Kier alpha value is -1.70. The standard InChI is InChI=1S/C15H15BrN2O3S/c1-11-6-8-12(9-7-11)22(20,21)17-10-15(19)18-14-5-3-2-4-13(14)16/h2-9,17H,10H2,1H3,(H,18,19). The van der Waals surface area contributed by atoms with Crippen LogP contribution in [-0.4, -0.2) is 20.9 Å². The second kappa shape index (κ2) is 7.04. The van der Waals surface area contributed by atoms with Crippen molar-refractivity contribution in [3.63, 3.8) is 0 Å². The molecule has 0 heterocycles. The van der Waals surface area contributed by atoms with Gasteiger partial charge in [0.25, 0.3) is 0 Å². The van der Waals surface area contributed by atoms with Gasteiger partial charge >= 0.3 is 0 Å². The van der Waals surface area contributed by atoms with E-state index in [0.29, 0.717) is 5.69 Å². The van der Waals surface area contributed by atoms with Crippen LogP contribution in [0.5, 0.6) is 0 Å². The third-order valence-corrected chi connectivity index (χ3v) is 5.01. The highest BCUT2D eigenvalue weighted by Gasteiger charge is 2.15. The SMILES string of the molecule is Cc1ccc(S(=O)(=O)NCC(=O)Nc2ccccc2Br)cc1. The van der Waals surface area contributed by atoms with Gasteiger partial charge in [-0.25, -0.2) is 13.1 Å². The molecule has 0 aliphatic rings. The van der Waals surface area contributed by atoms with Crippen LogP contribution in [0.3, 0.4) is 0 Å². The number of hydrogen-bond acceptors (Lipinski definition) is 3. The minimum absolute atomic E-state index is 0.131. The molecule has 2 N–H and O–H groups in total. The van der Waals surface area contributed by atoms with Crippen LogP contribution < -0.4 is 10.0 Å². The van der Waals surface area contributed by atoms with Gasteiger partial charge in [0.2, 0.25) is 15.9 Å². The quantitative estimate of drug-likeness (QED) is 0.834. The average Bonchev–Trinajstić information content (AvgIpc) is 2.48. The predicted molar refractivity (Wildman–Crippen MR) is 89.1 cm³/mol. The van der Waals surface area contributed by atoms with Crippen LogP contribution in [0.4, 0.5) is 5.69 Å². The lowest BCUT2D eigenvalue weighted by molar-refractivity contribution is -0.115. The molecule has 0 aliphatic heterocycles. The molecule has 116 valence electrons. The first-order valence-corrected chi connectivity index (χ1v) is 8.77. The van der Waals surface area contributed by atoms with Gasteiger partial charge in [0.15, 0.2) is 0 Å². The summed E-state index contributed by atoms with van der Waals surface area (Å²) >= 11 is 3.31. The summed E-state index contributed by atoms with van der Waals surface area (Å²) in [6, 6.07) is 13.5. The molecule has 0 saturated carbocycles. The Morgan fingerprint density at radius 1 is 1.09 bits per heavy atom. The number of aryl methyl sites for hydroxylation is 1. The molecule has 22 heavy (non-hydrogen) atoms. The monoisotopic (exact) mass is 382 g/mol. The van der Waals surface area contributed by atoms with Gasteiger partial charge in [0.05, 0.1) is 17.1 Å². The number of hydrogen-bond donors (Lipinski definition) is 2. The molecule has 0 unspecified atom stereocenters. The van der Waals surface area contributed by atoms with Crippen molar-refractivity contribution in [2.75, 3.05) is 11.9 Å². The lowest BCUT2D eigenvalue weighted by Crippen LogP contribution is -2.32. The molecule has 5 nitrogen and oxygen atoms in total. The molecule has 0 spiro atoms. The number of para-hydroxylation sites is 1. The Bertz CT molecular complexity index is 774. The maximum atomic E-state index is 12.1. The van der Waals surface area contributed by atoms with Crippen LogP contribution in [0.2, 0.25) is 0 Å². The van der Waals surface area contributed by atoms with Crippen LogP contribution in [0, 0.1) is 6.92 Å². The number of carbonyl (C=O) groups excluding carboxylic acids is 1. The van der Waals surface area contributed by atoms with Crippen molar-refractivity contribution < 1.29 is 13.2 Å². The van der Waals surface area contributed by atoms with E-state index in [4.69, 9.17) is 0 Å². The van der Waals surface area contributed by atoms with Gasteiger partial charge in [-0.1, -0.05) is 29.8 Å². The van der Waals surface area contributed by atoms with Crippen molar-refractivity contribution in [1.82, 2.24) is 4.72 Å². The van der Waals surface area contributed by atoms with Gasteiger partial charge in [-0.15, -0.1) is 0 Å². The molecule has 7 heteroatoms. The zero-order chi connectivity index (χ0) is 16.2. The van der Waals surface area contributed by atoms with Gasteiger partial charge in [0.1, 0.15) is 0 Å². The minimum Gasteiger partial charge on any atom is -0.324 e. The van der Waals surface area contributed by atoms with Crippen LogP contribution in [-0.2, 0) is 14.8 Å². The van der Waals surface area contributed by atoms with E-state index in [2.05, 4.69) is 26.0 Å². The Labute approximate surface area is 137 Å². The molecule has 0 bridgehead atoms. The first-order valence-electron chi connectivity index (χ1n) is 6.49. The number of anilines is 1. The highest BCUT2D eigenvalue weighted by molar-refractivity contribution is 9.10. The molecule has 1 amide bonds. The lowest BCUT2D eigenvalue weighted by Gasteiger charge is -2.09. The Balaban J connectivity index is 1.98. The fraction of sp³-hybridized carbons (Fsp3) is 0.133. The van der Waals surface area contributed by atoms with E-state index in [0.717, 1.165) is 10.0 Å². The topological polar surface area (TPSA) is 75.3 Å². The van der Waals surface area contributed by atoms with E-state index >= 15 is 0 Å². The molecule has 0 atom stereocenters. The Morgan fingerprint density at radius 2 is 1.73 bits per heavy atom. The van der Waals surface area contributed by atoms with Crippen molar-refractivity contribution in [3.05, 3.63) is 58.6 Å². The third-order valence-electron chi connectivity index (χ3n) is 2.90. The van der Waals surface area contributed by atoms with Crippen molar-refractivity contribution in [1.29, 1.82) is 0 Å². The number of nitrogens with one attached hydrogen (secondary N) is 2. The van der Waals surface area contributed by atoms with Crippen LogP contribution in [0.25, 0.3) is 0 Å². The molecule has 0 aliphatic carbocycles. The maximum Gasteiger partial charge on any atom is 0.241 e. The van der Waals surface area contributed by atoms with Crippen molar-refractivity contribution in [2.45, 2.75) is 11.8 Å². The molecule has 2 rings (SSSR count). The van der Waals surface area contributed by atoms with Crippen molar-refractivity contribution in [3.8, 4) is 0 Å². The number of rotatable bonds is 5. The van der Waals surface area contributed by atoms with Crippen LogP contribution in [0.1, 0.15) is 5.56 Å². The third kappa shape index (κ3) is 4.40. The summed E-state index contributed by atoms with van der Waals surface area (Å²) in [5.41, 5.74) is 1.55. The van der Waals surface area contributed by atoms with E-state index in [9.17, 15) is 13.2 Å². The van der Waals surface area contributed by atoms with Gasteiger partial charge in [-0.3, -0.25) is 4.79 Å². The number of sulfonamides is 1. The largest absolute Gasteiger partial charge is 0.324 e. The van der Waals surface area contributed by atoms with E-state index in [1.54, 1.807) is 30.3 Å². The van der Waals surface area contributed by atoms with Gasteiger partial charge in [0, 0.05) is 4.47 Å². The molecular weight excluding hydrogens is 368 g/mol. The molecule has 0 aromatic heterocycles. The second-order valence-corrected chi connectivity index (χ2v) is 7.29. The Morgan fingerprint density at radius 3 is 2.36 bits per heavy atom. The van der Waals surface area contributed by atoms with Crippen LogP contribution in [0.15, 0.2) is 57.9 Å². The number of benzene rings is 2. The van der Waals surface area contributed by atoms with Gasteiger partial charge in [-0.05, 0) is 47.1 Å². The summed E-state index contributed by atoms with van der Waals surface area (Å²) in [5.74, 6) is -0.442. The van der Waals surface area contributed by atoms with Crippen LogP contribution >= 0.6 is 15.9 Å². The first-order chi connectivity index (χ1) is 10.4. The second-order valence-electron chi connectivity index (χ2n) is 4.67. The van der Waals surface area contributed by atoms with Gasteiger partial charge < -0.3 is 5.32 Å². The minimum atomic E-state index is -3.70. The summed E-state index contributed by atoms with van der Waals surface area (Å²) in [4.78, 5) is 12.0. The summed E-state index contributed by atoms with van der Waals surface area (Å²) in [6.07, 6.45) is 0. The maximum absolute atomic E-state index is 12.1. The van der Waals surface area contributed by atoms with Crippen molar-refractivity contribution >= 4 is 37.5 Å². The zero-order valence-corrected chi connectivity index (χ0v) is 14.2. The smallest absolute Gasteiger partial charge is 0.241 e. The fourth-order valence-electron chi connectivity index (χ4n) is 1.72. The van der Waals surface area contributed by atoms with E-state index < -0.39 is 15.9 Å². The average molecular weight is 383 g/mol. The zero-order valence-electron chi connectivity index (χ0n) is 11.8. The molecule has 2 aromatic carbocycles. The summed E-state index contributed by atoms with van der Waals surface area (Å²) < 4.78 is 27.1. The lowest BCUT2D eigenvalue weighted by atomic mass is 10.2. The van der Waals surface area contributed by atoms with E-state index in [-0.39, 0.29) is 11.4 Å². The van der Waals surface area contributed by atoms with Crippen molar-refractivity contribution in [2.24, 2.45) is 0 Å². The molecule has 2 aromatic rings. The highest BCUT2D eigenvalue weighted by Crippen LogP contribution is 2.20. The number of halogens is 1. The Kier molecular flexibility index (Phi) is 5.33. The normalized spacial score (nSPS) is 11.2. The summed E-state index contributed by atoms with van der Waals surface area (Å²) in [6.45, 7) is 1.53. The number of carbonyl (C=O) groups is 1. The molecular formula is C15H15BrN2O3S. The fourth-order valence-corrected chi connectivity index (χ4v) is 3.08. The number of amides is 1. The predicted octanol–water partition coefficient (Wildman–Crippen LogP) is 2.67. The molecule has 0 fully saturated rings. The van der Waals surface area contributed by atoms with E-state index in [1.165, 1.54) is 12.1 Å².